The molecule has 3 nitrogen and oxygen atoms in total. The summed E-state index contributed by atoms with van der Waals surface area (Å²) in [5, 5.41) is 0. The van der Waals surface area contributed by atoms with Crippen molar-refractivity contribution in [2.75, 3.05) is 7.11 Å². The van der Waals surface area contributed by atoms with Gasteiger partial charge in [0, 0.05) is 11.6 Å². The number of para-hydroxylation sites is 2. The van der Waals surface area contributed by atoms with Gasteiger partial charge in [0.25, 0.3) is 0 Å². The molecule has 0 amide bonds. The molecule has 0 spiro atoms. The summed E-state index contributed by atoms with van der Waals surface area (Å²) in [6.45, 7) is 1.78. The van der Waals surface area contributed by atoms with Gasteiger partial charge in [0.05, 0.1) is 7.11 Å². The zero-order valence-corrected chi connectivity index (χ0v) is 10.9. The van der Waals surface area contributed by atoms with E-state index in [0.717, 1.165) is 0 Å². The maximum Gasteiger partial charge on any atom is 0.169 e. The predicted octanol–water partition coefficient (Wildman–Crippen LogP) is 3.65. The van der Waals surface area contributed by atoms with E-state index in [1.807, 2.05) is 12.1 Å². The average molecular weight is 261 g/mol. The Morgan fingerprint density at radius 1 is 1.05 bits per heavy atom. The summed E-state index contributed by atoms with van der Waals surface area (Å²) in [4.78, 5) is 0. The number of ether oxygens (including phenoxy) is 2. The topological polar surface area (TPSA) is 44.5 Å². The number of hydrogen-bond donors (Lipinski definition) is 1. The van der Waals surface area contributed by atoms with Crippen LogP contribution in [0, 0.1) is 5.82 Å². The summed E-state index contributed by atoms with van der Waals surface area (Å²) in [6.07, 6.45) is 0. The van der Waals surface area contributed by atoms with Crippen molar-refractivity contribution >= 4 is 0 Å². The Kier molecular flexibility index (Phi) is 4.02. The van der Waals surface area contributed by atoms with Gasteiger partial charge in [-0.15, -0.1) is 0 Å². The quantitative estimate of drug-likeness (QED) is 0.913. The standard InChI is InChI=1S/C15H16FNO2/c1-10(17)12-9-11(16)7-8-13(12)19-15-6-4-3-5-14(15)18-2/h3-10H,17H2,1-2H3/t10-/m0/s1. The first-order valence-electron chi connectivity index (χ1n) is 5.97. The Morgan fingerprint density at radius 3 is 2.37 bits per heavy atom. The van der Waals surface area contributed by atoms with E-state index in [0.29, 0.717) is 22.8 Å². The fourth-order valence-corrected chi connectivity index (χ4v) is 1.79. The minimum Gasteiger partial charge on any atom is -0.493 e. The summed E-state index contributed by atoms with van der Waals surface area (Å²) in [5.74, 6) is 1.38. The number of rotatable bonds is 4. The normalized spacial score (nSPS) is 12.0. The van der Waals surface area contributed by atoms with Crippen LogP contribution < -0.4 is 15.2 Å². The molecule has 100 valence electrons. The number of methoxy groups -OCH3 is 1. The van der Waals surface area contributed by atoms with Gasteiger partial charge in [0.15, 0.2) is 11.5 Å². The van der Waals surface area contributed by atoms with Crippen molar-refractivity contribution < 1.29 is 13.9 Å². The Morgan fingerprint density at radius 2 is 1.74 bits per heavy atom. The van der Waals surface area contributed by atoms with Crippen LogP contribution in [-0.4, -0.2) is 7.11 Å². The van der Waals surface area contributed by atoms with Crippen molar-refractivity contribution in [3.8, 4) is 17.2 Å². The van der Waals surface area contributed by atoms with Crippen LogP contribution in [0.25, 0.3) is 0 Å². The maximum atomic E-state index is 13.3. The molecule has 4 heteroatoms. The molecule has 0 saturated carbocycles. The van der Waals surface area contributed by atoms with Crippen molar-refractivity contribution in [1.29, 1.82) is 0 Å². The summed E-state index contributed by atoms with van der Waals surface area (Å²) < 4.78 is 24.2. The fourth-order valence-electron chi connectivity index (χ4n) is 1.79. The first-order chi connectivity index (χ1) is 9.11. The summed E-state index contributed by atoms with van der Waals surface area (Å²) in [5.41, 5.74) is 6.45. The molecule has 0 radical (unpaired) electrons. The molecule has 0 heterocycles. The van der Waals surface area contributed by atoms with Gasteiger partial charge in [0.2, 0.25) is 0 Å². The SMILES string of the molecule is COc1ccccc1Oc1ccc(F)cc1[C@H](C)N. The highest BCUT2D eigenvalue weighted by atomic mass is 19.1. The van der Waals surface area contributed by atoms with Gasteiger partial charge in [-0.1, -0.05) is 12.1 Å². The van der Waals surface area contributed by atoms with Crippen LogP contribution in [0.15, 0.2) is 42.5 Å². The van der Waals surface area contributed by atoms with E-state index in [9.17, 15) is 4.39 Å². The second-order valence-electron chi connectivity index (χ2n) is 4.22. The molecule has 0 aromatic heterocycles. The lowest BCUT2D eigenvalue weighted by atomic mass is 10.1. The van der Waals surface area contributed by atoms with Crippen molar-refractivity contribution in [3.05, 3.63) is 53.8 Å². The van der Waals surface area contributed by atoms with E-state index in [1.54, 1.807) is 32.2 Å². The minimum atomic E-state index is -0.334. The van der Waals surface area contributed by atoms with Gasteiger partial charge in [-0.05, 0) is 37.3 Å². The molecule has 2 aromatic rings. The molecule has 0 bridgehead atoms. The van der Waals surface area contributed by atoms with Crippen LogP contribution in [0.5, 0.6) is 17.2 Å². The summed E-state index contributed by atoms with van der Waals surface area (Å²) in [7, 11) is 1.57. The van der Waals surface area contributed by atoms with Gasteiger partial charge in [-0.3, -0.25) is 0 Å². The smallest absolute Gasteiger partial charge is 0.169 e. The number of nitrogens with two attached hydrogens (primary N) is 1. The Bertz CT molecular complexity index is 570. The zero-order valence-electron chi connectivity index (χ0n) is 10.9. The largest absolute Gasteiger partial charge is 0.493 e. The van der Waals surface area contributed by atoms with E-state index in [2.05, 4.69) is 0 Å². The molecule has 0 aliphatic carbocycles. The van der Waals surface area contributed by atoms with E-state index in [-0.39, 0.29) is 11.9 Å². The van der Waals surface area contributed by atoms with E-state index in [1.165, 1.54) is 12.1 Å². The molecule has 0 aliphatic heterocycles. The molecular formula is C15H16FNO2. The van der Waals surface area contributed by atoms with Crippen LogP contribution in [0.4, 0.5) is 4.39 Å². The lowest BCUT2D eigenvalue weighted by Crippen LogP contribution is -2.07. The molecule has 0 aliphatic rings. The van der Waals surface area contributed by atoms with Crippen molar-refractivity contribution in [1.82, 2.24) is 0 Å². The highest BCUT2D eigenvalue weighted by Crippen LogP contribution is 2.34. The maximum absolute atomic E-state index is 13.3. The predicted molar refractivity (Wildman–Crippen MR) is 72.1 cm³/mol. The molecule has 2 aromatic carbocycles. The van der Waals surface area contributed by atoms with Crippen molar-refractivity contribution in [2.45, 2.75) is 13.0 Å². The van der Waals surface area contributed by atoms with Crippen molar-refractivity contribution in [2.24, 2.45) is 5.73 Å². The third-order valence-corrected chi connectivity index (χ3v) is 2.75. The van der Waals surface area contributed by atoms with Crippen LogP contribution in [-0.2, 0) is 0 Å². The van der Waals surface area contributed by atoms with Crippen LogP contribution >= 0.6 is 0 Å². The van der Waals surface area contributed by atoms with Crippen molar-refractivity contribution in [3.63, 3.8) is 0 Å². The highest BCUT2D eigenvalue weighted by molar-refractivity contribution is 5.45. The highest BCUT2D eigenvalue weighted by Gasteiger charge is 2.12. The average Bonchev–Trinajstić information content (AvgIpc) is 2.41. The van der Waals surface area contributed by atoms with E-state index < -0.39 is 0 Å². The third-order valence-electron chi connectivity index (χ3n) is 2.75. The molecule has 0 unspecified atom stereocenters. The summed E-state index contributed by atoms with van der Waals surface area (Å²) in [6, 6.07) is 11.3. The molecule has 2 N–H and O–H groups in total. The lowest BCUT2D eigenvalue weighted by molar-refractivity contribution is 0.376. The summed E-state index contributed by atoms with van der Waals surface area (Å²) >= 11 is 0. The molecule has 0 fully saturated rings. The Hall–Kier alpha value is -2.07. The Balaban J connectivity index is 2.38. The van der Waals surface area contributed by atoms with Crippen LogP contribution in [0.2, 0.25) is 0 Å². The lowest BCUT2D eigenvalue weighted by Gasteiger charge is -2.15. The van der Waals surface area contributed by atoms with Gasteiger partial charge in [0.1, 0.15) is 11.6 Å². The second kappa shape index (κ2) is 5.71. The minimum absolute atomic E-state index is 0.319. The molecule has 0 saturated heterocycles. The van der Waals surface area contributed by atoms with Crippen LogP contribution in [0.3, 0.4) is 0 Å². The first-order valence-corrected chi connectivity index (χ1v) is 5.97. The monoisotopic (exact) mass is 261 g/mol. The molecule has 19 heavy (non-hydrogen) atoms. The number of halogens is 1. The van der Waals surface area contributed by atoms with E-state index >= 15 is 0 Å². The van der Waals surface area contributed by atoms with Gasteiger partial charge in [-0.2, -0.15) is 0 Å². The van der Waals surface area contributed by atoms with Crippen LogP contribution in [0.1, 0.15) is 18.5 Å². The van der Waals surface area contributed by atoms with Gasteiger partial charge < -0.3 is 15.2 Å². The number of hydrogen-bond acceptors (Lipinski definition) is 3. The van der Waals surface area contributed by atoms with E-state index in [4.69, 9.17) is 15.2 Å². The van der Waals surface area contributed by atoms with Gasteiger partial charge >= 0.3 is 0 Å². The fraction of sp³-hybridized carbons (Fsp3) is 0.200. The third kappa shape index (κ3) is 3.03. The molecular weight excluding hydrogens is 245 g/mol. The number of benzene rings is 2. The zero-order chi connectivity index (χ0) is 13.8. The molecule has 1 atom stereocenters. The Labute approximate surface area is 111 Å². The van der Waals surface area contributed by atoms with Gasteiger partial charge in [-0.25, -0.2) is 4.39 Å². The second-order valence-corrected chi connectivity index (χ2v) is 4.22. The first kappa shape index (κ1) is 13.4. The molecule has 2 rings (SSSR count).